The molecule has 0 atom stereocenters. The van der Waals surface area contributed by atoms with Gasteiger partial charge in [0.25, 0.3) is 0 Å². The second-order valence-electron chi connectivity index (χ2n) is 5.82. The molecule has 0 amide bonds. The standard InChI is InChI=1S/C15H23ClN2O2S/c1-3-15(7-4-8-15)11-18-21(19,20)13-5-6-14(16)12(9-13)10-17-2/h5-6,9,17-18H,3-4,7-8,10-11H2,1-2H3. The maximum absolute atomic E-state index is 12.4. The number of sulfonamides is 1. The Labute approximate surface area is 132 Å². The predicted octanol–water partition coefficient (Wildman–Crippen LogP) is 2.92. The van der Waals surface area contributed by atoms with Crippen LogP contribution in [-0.2, 0) is 16.6 Å². The number of nitrogens with one attached hydrogen (secondary N) is 2. The Hall–Kier alpha value is -0.620. The summed E-state index contributed by atoms with van der Waals surface area (Å²) in [6, 6.07) is 4.84. The first-order chi connectivity index (χ1) is 9.92. The zero-order valence-corrected chi connectivity index (χ0v) is 14.1. The lowest BCUT2D eigenvalue weighted by Gasteiger charge is -2.41. The van der Waals surface area contributed by atoms with Crippen molar-refractivity contribution >= 4 is 21.6 Å². The van der Waals surface area contributed by atoms with Crippen molar-refractivity contribution in [1.29, 1.82) is 0 Å². The highest BCUT2D eigenvalue weighted by Crippen LogP contribution is 2.43. The summed E-state index contributed by atoms with van der Waals surface area (Å²) >= 11 is 6.07. The summed E-state index contributed by atoms with van der Waals surface area (Å²) in [4.78, 5) is 0.280. The highest BCUT2D eigenvalue weighted by atomic mass is 35.5. The van der Waals surface area contributed by atoms with E-state index in [1.54, 1.807) is 25.2 Å². The molecule has 1 aromatic rings. The number of benzene rings is 1. The van der Waals surface area contributed by atoms with Crippen molar-refractivity contribution in [3.05, 3.63) is 28.8 Å². The van der Waals surface area contributed by atoms with Gasteiger partial charge in [0.1, 0.15) is 0 Å². The second kappa shape index (κ2) is 6.65. The molecule has 118 valence electrons. The number of rotatable bonds is 7. The molecule has 0 bridgehead atoms. The van der Waals surface area contributed by atoms with E-state index >= 15 is 0 Å². The third-order valence-electron chi connectivity index (χ3n) is 4.50. The van der Waals surface area contributed by atoms with E-state index in [0.717, 1.165) is 24.8 Å². The molecule has 0 aromatic heterocycles. The van der Waals surface area contributed by atoms with E-state index in [9.17, 15) is 8.42 Å². The van der Waals surface area contributed by atoms with Crippen LogP contribution in [0.1, 0.15) is 38.2 Å². The topological polar surface area (TPSA) is 58.2 Å². The molecule has 2 N–H and O–H groups in total. The Kier molecular flexibility index (Phi) is 5.30. The summed E-state index contributed by atoms with van der Waals surface area (Å²) in [5.74, 6) is 0. The number of halogens is 1. The number of hydrogen-bond acceptors (Lipinski definition) is 3. The summed E-state index contributed by atoms with van der Waals surface area (Å²) in [6.45, 7) is 3.19. The van der Waals surface area contributed by atoms with E-state index in [2.05, 4.69) is 17.0 Å². The normalized spacial score (nSPS) is 17.5. The Morgan fingerprint density at radius 1 is 1.33 bits per heavy atom. The molecular weight excluding hydrogens is 308 g/mol. The molecule has 0 spiro atoms. The van der Waals surface area contributed by atoms with Gasteiger partial charge >= 0.3 is 0 Å². The van der Waals surface area contributed by atoms with Crippen molar-refractivity contribution in [3.63, 3.8) is 0 Å². The van der Waals surface area contributed by atoms with Gasteiger partial charge in [-0.1, -0.05) is 24.9 Å². The van der Waals surface area contributed by atoms with Crippen LogP contribution in [-0.4, -0.2) is 22.0 Å². The van der Waals surface area contributed by atoms with Crippen LogP contribution in [0.2, 0.25) is 5.02 Å². The van der Waals surface area contributed by atoms with Crippen LogP contribution in [0.15, 0.2) is 23.1 Å². The fourth-order valence-corrected chi connectivity index (χ4v) is 4.10. The Morgan fingerprint density at radius 2 is 2.05 bits per heavy atom. The minimum atomic E-state index is -3.47. The van der Waals surface area contributed by atoms with Crippen LogP contribution >= 0.6 is 11.6 Å². The molecule has 0 radical (unpaired) electrons. The van der Waals surface area contributed by atoms with Crippen LogP contribution in [0.4, 0.5) is 0 Å². The van der Waals surface area contributed by atoms with Crippen LogP contribution in [0.5, 0.6) is 0 Å². The first-order valence-electron chi connectivity index (χ1n) is 7.35. The lowest BCUT2D eigenvalue weighted by molar-refractivity contribution is 0.133. The maximum atomic E-state index is 12.4. The van der Waals surface area contributed by atoms with Crippen LogP contribution in [0.3, 0.4) is 0 Å². The fourth-order valence-electron chi connectivity index (χ4n) is 2.71. The van der Waals surface area contributed by atoms with E-state index in [-0.39, 0.29) is 10.3 Å². The minimum absolute atomic E-state index is 0.160. The van der Waals surface area contributed by atoms with Gasteiger partial charge < -0.3 is 5.32 Å². The first kappa shape index (κ1) is 16.7. The Morgan fingerprint density at radius 3 is 2.57 bits per heavy atom. The molecular formula is C15H23ClN2O2S. The second-order valence-corrected chi connectivity index (χ2v) is 7.99. The fraction of sp³-hybridized carbons (Fsp3) is 0.600. The zero-order chi connectivity index (χ0) is 15.5. The molecule has 0 heterocycles. The highest BCUT2D eigenvalue weighted by Gasteiger charge is 2.36. The summed E-state index contributed by atoms with van der Waals surface area (Å²) < 4.78 is 27.6. The SMILES string of the molecule is CCC1(CNS(=O)(=O)c2ccc(Cl)c(CNC)c2)CCC1. The number of hydrogen-bond donors (Lipinski definition) is 2. The quantitative estimate of drug-likeness (QED) is 0.808. The smallest absolute Gasteiger partial charge is 0.240 e. The molecule has 0 unspecified atom stereocenters. The molecule has 0 saturated heterocycles. The van der Waals surface area contributed by atoms with Crippen molar-refractivity contribution in [2.24, 2.45) is 5.41 Å². The predicted molar refractivity (Wildman–Crippen MR) is 86.0 cm³/mol. The third-order valence-corrected chi connectivity index (χ3v) is 6.26. The molecule has 1 aliphatic rings. The molecule has 0 aliphatic heterocycles. The van der Waals surface area contributed by atoms with E-state index in [1.165, 1.54) is 6.42 Å². The summed E-state index contributed by atoms with van der Waals surface area (Å²) in [7, 11) is -1.67. The van der Waals surface area contributed by atoms with Crippen molar-refractivity contribution in [1.82, 2.24) is 10.0 Å². The van der Waals surface area contributed by atoms with Gasteiger partial charge in [0, 0.05) is 18.1 Å². The van der Waals surface area contributed by atoms with E-state index in [4.69, 9.17) is 11.6 Å². The maximum Gasteiger partial charge on any atom is 0.240 e. The van der Waals surface area contributed by atoms with Gasteiger partial charge in [0.05, 0.1) is 4.90 Å². The van der Waals surface area contributed by atoms with Gasteiger partial charge in [-0.25, -0.2) is 13.1 Å². The van der Waals surface area contributed by atoms with Crippen molar-refractivity contribution < 1.29 is 8.42 Å². The third kappa shape index (κ3) is 3.77. The molecule has 2 rings (SSSR count). The summed E-state index contributed by atoms with van der Waals surface area (Å²) in [6.07, 6.45) is 4.43. The largest absolute Gasteiger partial charge is 0.316 e. The van der Waals surface area contributed by atoms with Crippen molar-refractivity contribution in [2.75, 3.05) is 13.6 Å². The molecule has 6 heteroatoms. The van der Waals surface area contributed by atoms with Crippen molar-refractivity contribution in [2.45, 2.75) is 44.0 Å². The summed E-state index contributed by atoms with van der Waals surface area (Å²) in [5.41, 5.74) is 0.948. The molecule has 1 fully saturated rings. The van der Waals surface area contributed by atoms with Crippen molar-refractivity contribution in [3.8, 4) is 0 Å². The average Bonchev–Trinajstić information content (AvgIpc) is 2.40. The molecule has 4 nitrogen and oxygen atoms in total. The lowest BCUT2D eigenvalue weighted by atomic mass is 9.67. The molecule has 1 saturated carbocycles. The molecule has 1 aliphatic carbocycles. The van der Waals surface area contributed by atoms with Crippen LogP contribution in [0, 0.1) is 5.41 Å². The summed E-state index contributed by atoms with van der Waals surface area (Å²) in [5, 5.41) is 3.56. The molecule has 1 aromatic carbocycles. The van der Waals surface area contributed by atoms with Gasteiger partial charge in [0.2, 0.25) is 10.0 Å². The zero-order valence-electron chi connectivity index (χ0n) is 12.6. The lowest BCUT2D eigenvalue weighted by Crippen LogP contribution is -2.41. The van der Waals surface area contributed by atoms with E-state index in [1.807, 2.05) is 0 Å². The highest BCUT2D eigenvalue weighted by molar-refractivity contribution is 7.89. The monoisotopic (exact) mass is 330 g/mol. The van der Waals surface area contributed by atoms with Crippen LogP contribution in [0.25, 0.3) is 0 Å². The van der Waals surface area contributed by atoms with Crippen LogP contribution < -0.4 is 10.0 Å². The molecule has 21 heavy (non-hydrogen) atoms. The van der Waals surface area contributed by atoms with Gasteiger partial charge in [0.15, 0.2) is 0 Å². The first-order valence-corrected chi connectivity index (χ1v) is 9.21. The van der Waals surface area contributed by atoms with Gasteiger partial charge in [-0.3, -0.25) is 0 Å². The van der Waals surface area contributed by atoms with Gasteiger partial charge in [-0.05, 0) is 55.5 Å². The average molecular weight is 331 g/mol. The van der Waals surface area contributed by atoms with Gasteiger partial charge in [-0.2, -0.15) is 0 Å². The Bertz CT molecular complexity index is 592. The Balaban J connectivity index is 2.13. The van der Waals surface area contributed by atoms with E-state index in [0.29, 0.717) is 18.1 Å². The van der Waals surface area contributed by atoms with Gasteiger partial charge in [-0.15, -0.1) is 0 Å². The minimum Gasteiger partial charge on any atom is -0.316 e. The van der Waals surface area contributed by atoms with E-state index < -0.39 is 10.0 Å².